The Bertz CT molecular complexity index is 1070. The van der Waals surface area contributed by atoms with E-state index in [1.807, 2.05) is 19.1 Å². The van der Waals surface area contributed by atoms with Gasteiger partial charge < -0.3 is 14.2 Å². The second-order valence-electron chi connectivity index (χ2n) is 7.41. The number of furan rings is 1. The quantitative estimate of drug-likeness (QED) is 0.607. The second kappa shape index (κ2) is 9.69. The van der Waals surface area contributed by atoms with Crippen molar-refractivity contribution >= 4 is 40.9 Å². The van der Waals surface area contributed by atoms with Crippen LogP contribution in [0.15, 0.2) is 50.2 Å². The van der Waals surface area contributed by atoms with Crippen LogP contribution >= 0.6 is 24.0 Å². The number of likely N-dealkylation sites (tertiary alicyclic amines) is 1. The molecule has 3 heterocycles. The van der Waals surface area contributed by atoms with Crippen LogP contribution in [-0.2, 0) is 0 Å². The van der Waals surface area contributed by atoms with Crippen molar-refractivity contribution in [3.63, 3.8) is 0 Å². The second-order valence-corrected chi connectivity index (χ2v) is 7.82. The standard InChI is InChI=1S/C22H23ClN2O4.ClH/c1-14-10-20-15(11-16(14)23)18(26)12-21(29-20)22(27)24-13-17(19-6-5-9-28-19)25-7-3-2-4-8-25;/h5-6,9-12,17H,2-4,7-8,13H2,1H3,(H,24,27);1H. The van der Waals surface area contributed by atoms with Crippen LogP contribution in [0, 0.1) is 6.92 Å². The summed E-state index contributed by atoms with van der Waals surface area (Å²) in [6.45, 7) is 4.12. The highest BCUT2D eigenvalue weighted by Crippen LogP contribution is 2.25. The van der Waals surface area contributed by atoms with E-state index >= 15 is 0 Å². The van der Waals surface area contributed by atoms with E-state index in [9.17, 15) is 9.59 Å². The van der Waals surface area contributed by atoms with Crippen LogP contribution in [0.25, 0.3) is 11.0 Å². The molecule has 2 aromatic heterocycles. The summed E-state index contributed by atoms with van der Waals surface area (Å²) in [7, 11) is 0. The van der Waals surface area contributed by atoms with E-state index in [4.69, 9.17) is 20.4 Å². The molecule has 4 rings (SSSR count). The zero-order valence-electron chi connectivity index (χ0n) is 16.7. The van der Waals surface area contributed by atoms with Gasteiger partial charge in [-0.05, 0) is 62.7 Å². The van der Waals surface area contributed by atoms with Crippen molar-refractivity contribution in [2.45, 2.75) is 32.2 Å². The van der Waals surface area contributed by atoms with Crippen molar-refractivity contribution in [2.24, 2.45) is 0 Å². The first-order valence-corrected chi connectivity index (χ1v) is 10.2. The summed E-state index contributed by atoms with van der Waals surface area (Å²) < 4.78 is 11.3. The molecule has 1 aromatic carbocycles. The molecule has 1 N–H and O–H groups in total. The first-order chi connectivity index (χ1) is 14.0. The van der Waals surface area contributed by atoms with Crippen molar-refractivity contribution in [3.05, 3.63) is 68.9 Å². The fourth-order valence-corrected chi connectivity index (χ4v) is 3.95. The first kappa shape index (κ1) is 22.4. The number of hydrogen-bond donors (Lipinski definition) is 1. The molecule has 3 aromatic rings. The largest absolute Gasteiger partial charge is 0.468 e. The minimum Gasteiger partial charge on any atom is -0.468 e. The van der Waals surface area contributed by atoms with Crippen LogP contribution in [0.1, 0.15) is 47.2 Å². The molecule has 1 unspecified atom stereocenters. The van der Waals surface area contributed by atoms with Crippen molar-refractivity contribution in [2.75, 3.05) is 19.6 Å². The Morgan fingerprint density at radius 3 is 2.70 bits per heavy atom. The van der Waals surface area contributed by atoms with Gasteiger partial charge >= 0.3 is 0 Å². The Kier molecular flexibility index (Phi) is 7.23. The van der Waals surface area contributed by atoms with E-state index in [2.05, 4.69) is 10.2 Å². The van der Waals surface area contributed by atoms with Crippen LogP contribution in [0.3, 0.4) is 0 Å². The Labute approximate surface area is 185 Å². The van der Waals surface area contributed by atoms with Crippen molar-refractivity contribution in [1.82, 2.24) is 10.2 Å². The number of nitrogens with zero attached hydrogens (tertiary/aromatic N) is 1. The van der Waals surface area contributed by atoms with Gasteiger partial charge in [0.1, 0.15) is 11.3 Å². The topological polar surface area (TPSA) is 75.7 Å². The molecule has 0 radical (unpaired) electrons. The molecule has 0 aliphatic carbocycles. The minimum absolute atomic E-state index is 0. The summed E-state index contributed by atoms with van der Waals surface area (Å²) >= 11 is 6.10. The predicted octanol–water partition coefficient (Wildman–Crippen LogP) is 4.73. The van der Waals surface area contributed by atoms with Gasteiger partial charge in [-0.25, -0.2) is 0 Å². The van der Waals surface area contributed by atoms with Gasteiger partial charge in [-0.1, -0.05) is 18.0 Å². The minimum atomic E-state index is -0.426. The van der Waals surface area contributed by atoms with Crippen LogP contribution in [0.2, 0.25) is 5.02 Å². The van der Waals surface area contributed by atoms with Gasteiger partial charge in [-0.3, -0.25) is 14.5 Å². The lowest BCUT2D eigenvalue weighted by Gasteiger charge is -2.33. The number of aryl methyl sites for hydroxylation is 1. The van der Waals surface area contributed by atoms with Crippen molar-refractivity contribution in [3.8, 4) is 0 Å². The molecule has 0 spiro atoms. The fraction of sp³-hybridized carbons (Fsp3) is 0.364. The predicted molar refractivity (Wildman–Crippen MR) is 119 cm³/mol. The average molecular weight is 451 g/mol. The van der Waals surface area contributed by atoms with Crippen molar-refractivity contribution < 1.29 is 13.6 Å². The number of carbonyl (C=O) groups is 1. The number of hydrogen-bond acceptors (Lipinski definition) is 5. The number of halogens is 2. The lowest BCUT2D eigenvalue weighted by Crippen LogP contribution is -2.40. The average Bonchev–Trinajstić information content (AvgIpc) is 3.25. The summed E-state index contributed by atoms with van der Waals surface area (Å²) in [6, 6.07) is 8.19. The van der Waals surface area contributed by atoms with Crippen LogP contribution < -0.4 is 10.7 Å². The molecular formula is C22H24Cl2N2O4. The zero-order valence-corrected chi connectivity index (χ0v) is 18.2. The van der Waals surface area contributed by atoms with Crippen LogP contribution in [0.5, 0.6) is 0 Å². The van der Waals surface area contributed by atoms with Crippen molar-refractivity contribution in [1.29, 1.82) is 0 Å². The highest BCUT2D eigenvalue weighted by Gasteiger charge is 2.25. The summed E-state index contributed by atoms with van der Waals surface area (Å²) in [4.78, 5) is 27.5. The molecule has 160 valence electrons. The normalized spacial score (nSPS) is 15.5. The Morgan fingerprint density at radius 1 is 1.23 bits per heavy atom. The number of fused-ring (bicyclic) bond motifs is 1. The molecule has 1 aliphatic heterocycles. The maximum atomic E-state index is 12.7. The first-order valence-electron chi connectivity index (χ1n) is 9.82. The Balaban J connectivity index is 0.00000256. The SMILES string of the molecule is Cc1cc2oc(C(=O)NCC(c3ccco3)N3CCCCC3)cc(=O)c2cc1Cl.Cl. The number of rotatable bonds is 5. The maximum Gasteiger partial charge on any atom is 0.287 e. The van der Waals surface area contributed by atoms with Gasteiger partial charge in [0.15, 0.2) is 11.2 Å². The van der Waals surface area contributed by atoms with E-state index in [1.54, 1.807) is 18.4 Å². The summed E-state index contributed by atoms with van der Waals surface area (Å²) in [5.74, 6) is 0.378. The third-order valence-electron chi connectivity index (χ3n) is 5.39. The molecule has 1 saturated heterocycles. The monoisotopic (exact) mass is 450 g/mol. The number of carbonyl (C=O) groups excluding carboxylic acids is 1. The van der Waals surface area contributed by atoms with Gasteiger partial charge in [0, 0.05) is 17.6 Å². The lowest BCUT2D eigenvalue weighted by molar-refractivity contribution is 0.0888. The van der Waals surface area contributed by atoms with Gasteiger partial charge in [0.2, 0.25) is 0 Å². The third-order valence-corrected chi connectivity index (χ3v) is 5.80. The smallest absolute Gasteiger partial charge is 0.287 e. The molecule has 30 heavy (non-hydrogen) atoms. The summed E-state index contributed by atoms with van der Waals surface area (Å²) in [6.07, 6.45) is 5.13. The van der Waals surface area contributed by atoms with Crippen LogP contribution in [0.4, 0.5) is 0 Å². The highest BCUT2D eigenvalue weighted by molar-refractivity contribution is 6.32. The molecule has 0 bridgehead atoms. The van der Waals surface area contributed by atoms with E-state index < -0.39 is 5.91 Å². The molecule has 0 saturated carbocycles. The number of nitrogens with one attached hydrogen (secondary N) is 1. The Hall–Kier alpha value is -2.28. The zero-order chi connectivity index (χ0) is 20.4. The van der Waals surface area contributed by atoms with E-state index in [1.165, 1.54) is 12.5 Å². The van der Waals surface area contributed by atoms with Gasteiger partial charge in [0.05, 0.1) is 17.7 Å². The molecule has 1 aliphatic rings. The van der Waals surface area contributed by atoms with E-state index in [0.717, 1.165) is 37.3 Å². The van der Waals surface area contributed by atoms with E-state index in [-0.39, 0.29) is 29.6 Å². The number of benzene rings is 1. The van der Waals surface area contributed by atoms with Gasteiger partial charge in [-0.15, -0.1) is 12.4 Å². The molecule has 1 fully saturated rings. The Morgan fingerprint density at radius 2 is 2.00 bits per heavy atom. The number of piperidine rings is 1. The summed E-state index contributed by atoms with van der Waals surface area (Å²) in [5.41, 5.74) is 0.836. The molecule has 1 atom stereocenters. The van der Waals surface area contributed by atoms with Gasteiger partial charge in [0.25, 0.3) is 5.91 Å². The molecule has 6 nitrogen and oxygen atoms in total. The molecular weight excluding hydrogens is 427 g/mol. The fourth-order valence-electron chi connectivity index (χ4n) is 3.79. The maximum absolute atomic E-state index is 12.7. The molecule has 1 amide bonds. The van der Waals surface area contributed by atoms with Gasteiger partial charge in [-0.2, -0.15) is 0 Å². The lowest BCUT2D eigenvalue weighted by atomic mass is 10.1. The highest BCUT2D eigenvalue weighted by atomic mass is 35.5. The third kappa shape index (κ3) is 4.72. The van der Waals surface area contributed by atoms with Crippen LogP contribution in [-0.4, -0.2) is 30.4 Å². The number of amides is 1. The summed E-state index contributed by atoms with van der Waals surface area (Å²) in [5, 5.41) is 3.75. The van der Waals surface area contributed by atoms with E-state index in [0.29, 0.717) is 22.5 Å². The molecule has 8 heteroatoms.